The predicted molar refractivity (Wildman–Crippen MR) is 65.4 cm³/mol. The van der Waals surface area contributed by atoms with E-state index in [1.807, 2.05) is 31.2 Å². The molecule has 0 unspecified atom stereocenters. The highest BCUT2D eigenvalue weighted by molar-refractivity contribution is 9.10. The summed E-state index contributed by atoms with van der Waals surface area (Å²) in [5.41, 5.74) is 6.40. The van der Waals surface area contributed by atoms with Crippen molar-refractivity contribution in [1.82, 2.24) is 9.97 Å². The summed E-state index contributed by atoms with van der Waals surface area (Å²) in [6.07, 6.45) is 1.39. The lowest BCUT2D eigenvalue weighted by molar-refractivity contribution is 0.458. The van der Waals surface area contributed by atoms with Gasteiger partial charge in [0.2, 0.25) is 5.88 Å². The average Bonchev–Trinajstić information content (AvgIpc) is 2.28. The molecule has 0 saturated carbocycles. The van der Waals surface area contributed by atoms with Gasteiger partial charge < -0.3 is 10.5 Å². The summed E-state index contributed by atoms with van der Waals surface area (Å²) in [5, 5.41) is 0. The topological polar surface area (TPSA) is 61.0 Å². The van der Waals surface area contributed by atoms with Crippen molar-refractivity contribution in [1.29, 1.82) is 0 Å². The first kappa shape index (κ1) is 10.9. The van der Waals surface area contributed by atoms with Gasteiger partial charge in [-0.05, 0) is 31.2 Å². The standard InChI is InChI=1S/C11H10BrN3O/c1-7-10(13)14-6-15-11(7)16-9-4-2-8(12)3-5-9/h2-6H,1H3,(H2,13,14,15). The molecule has 0 radical (unpaired) electrons. The number of anilines is 1. The fourth-order valence-corrected chi connectivity index (χ4v) is 1.43. The number of rotatable bonds is 2. The molecule has 2 N–H and O–H groups in total. The summed E-state index contributed by atoms with van der Waals surface area (Å²) in [4.78, 5) is 7.91. The van der Waals surface area contributed by atoms with E-state index in [0.29, 0.717) is 17.4 Å². The highest BCUT2D eigenvalue weighted by Gasteiger charge is 2.06. The second kappa shape index (κ2) is 4.49. The molecule has 16 heavy (non-hydrogen) atoms. The largest absolute Gasteiger partial charge is 0.439 e. The molecule has 2 rings (SSSR count). The maximum atomic E-state index is 5.66. The molecule has 82 valence electrons. The molecule has 0 bridgehead atoms. The lowest BCUT2D eigenvalue weighted by Crippen LogP contribution is -1.98. The van der Waals surface area contributed by atoms with Gasteiger partial charge in [0.1, 0.15) is 17.9 Å². The number of nitrogens with zero attached hydrogens (tertiary/aromatic N) is 2. The van der Waals surface area contributed by atoms with Crippen molar-refractivity contribution >= 4 is 21.7 Å². The van der Waals surface area contributed by atoms with E-state index in [-0.39, 0.29) is 0 Å². The molecule has 0 aliphatic rings. The summed E-state index contributed by atoms with van der Waals surface area (Å²) in [7, 11) is 0. The molecule has 0 amide bonds. The Hall–Kier alpha value is -1.62. The summed E-state index contributed by atoms with van der Waals surface area (Å²) >= 11 is 3.36. The number of benzene rings is 1. The van der Waals surface area contributed by atoms with Crippen LogP contribution in [0.3, 0.4) is 0 Å². The SMILES string of the molecule is Cc1c(N)ncnc1Oc1ccc(Br)cc1. The second-order valence-electron chi connectivity index (χ2n) is 3.25. The van der Waals surface area contributed by atoms with Crippen LogP contribution < -0.4 is 10.5 Å². The number of hydrogen-bond donors (Lipinski definition) is 1. The van der Waals surface area contributed by atoms with Crippen LogP contribution in [0.2, 0.25) is 0 Å². The van der Waals surface area contributed by atoms with E-state index in [4.69, 9.17) is 10.5 Å². The van der Waals surface area contributed by atoms with Crippen LogP contribution in [-0.4, -0.2) is 9.97 Å². The molecule has 1 aromatic carbocycles. The zero-order valence-electron chi connectivity index (χ0n) is 8.64. The van der Waals surface area contributed by atoms with Gasteiger partial charge in [-0.2, -0.15) is 0 Å². The Balaban J connectivity index is 2.27. The van der Waals surface area contributed by atoms with Crippen LogP contribution in [0.1, 0.15) is 5.56 Å². The zero-order valence-corrected chi connectivity index (χ0v) is 10.2. The van der Waals surface area contributed by atoms with Gasteiger partial charge in [-0.3, -0.25) is 0 Å². The number of nitrogen functional groups attached to an aromatic ring is 1. The van der Waals surface area contributed by atoms with E-state index < -0.39 is 0 Å². The van der Waals surface area contributed by atoms with Crippen LogP contribution in [0.5, 0.6) is 11.6 Å². The maximum absolute atomic E-state index is 5.66. The van der Waals surface area contributed by atoms with Crippen molar-refractivity contribution in [3.63, 3.8) is 0 Å². The molecular formula is C11H10BrN3O. The first-order valence-electron chi connectivity index (χ1n) is 4.67. The molecule has 0 saturated heterocycles. The Morgan fingerprint density at radius 3 is 2.56 bits per heavy atom. The molecule has 4 nitrogen and oxygen atoms in total. The minimum absolute atomic E-state index is 0.433. The highest BCUT2D eigenvalue weighted by Crippen LogP contribution is 2.25. The molecule has 1 aromatic heterocycles. The first-order valence-corrected chi connectivity index (χ1v) is 5.46. The Morgan fingerprint density at radius 1 is 1.19 bits per heavy atom. The van der Waals surface area contributed by atoms with Gasteiger partial charge in [0.05, 0.1) is 5.56 Å². The molecule has 1 heterocycles. The summed E-state index contributed by atoms with van der Waals surface area (Å²) in [6.45, 7) is 1.82. The fraction of sp³-hybridized carbons (Fsp3) is 0.0909. The van der Waals surface area contributed by atoms with Crippen molar-refractivity contribution in [2.75, 3.05) is 5.73 Å². The Labute approximate surface area is 102 Å². The van der Waals surface area contributed by atoms with E-state index in [1.165, 1.54) is 6.33 Å². The first-order chi connectivity index (χ1) is 7.66. The predicted octanol–water partition coefficient (Wildman–Crippen LogP) is 2.92. The van der Waals surface area contributed by atoms with E-state index in [2.05, 4.69) is 25.9 Å². The third kappa shape index (κ3) is 2.30. The molecule has 0 aliphatic carbocycles. The average molecular weight is 280 g/mol. The Kier molecular flexibility index (Phi) is 3.05. The van der Waals surface area contributed by atoms with Gasteiger partial charge in [0.25, 0.3) is 0 Å². The monoisotopic (exact) mass is 279 g/mol. The number of hydrogen-bond acceptors (Lipinski definition) is 4. The van der Waals surface area contributed by atoms with Gasteiger partial charge in [0, 0.05) is 4.47 Å². The van der Waals surface area contributed by atoms with Crippen molar-refractivity contribution in [2.24, 2.45) is 0 Å². The normalized spacial score (nSPS) is 10.1. The molecule has 0 fully saturated rings. The summed E-state index contributed by atoms with van der Waals surface area (Å²) in [6, 6.07) is 7.49. The van der Waals surface area contributed by atoms with E-state index in [9.17, 15) is 0 Å². The maximum Gasteiger partial charge on any atom is 0.227 e. The van der Waals surface area contributed by atoms with Crippen molar-refractivity contribution in [2.45, 2.75) is 6.92 Å². The van der Waals surface area contributed by atoms with Gasteiger partial charge in [-0.1, -0.05) is 15.9 Å². The third-order valence-electron chi connectivity index (χ3n) is 2.10. The lowest BCUT2D eigenvalue weighted by atomic mass is 10.3. The quantitative estimate of drug-likeness (QED) is 0.918. The van der Waals surface area contributed by atoms with Crippen molar-refractivity contribution in [3.8, 4) is 11.6 Å². The molecule has 0 spiro atoms. The summed E-state index contributed by atoms with van der Waals surface area (Å²) in [5.74, 6) is 1.63. The Morgan fingerprint density at radius 2 is 1.88 bits per heavy atom. The molecule has 0 aliphatic heterocycles. The second-order valence-corrected chi connectivity index (χ2v) is 4.16. The molecular weight excluding hydrogens is 270 g/mol. The number of ether oxygens (including phenoxy) is 1. The smallest absolute Gasteiger partial charge is 0.227 e. The van der Waals surface area contributed by atoms with Crippen molar-refractivity contribution < 1.29 is 4.74 Å². The number of halogens is 1. The van der Waals surface area contributed by atoms with Crippen LogP contribution in [0.4, 0.5) is 5.82 Å². The summed E-state index contributed by atoms with van der Waals surface area (Å²) < 4.78 is 6.59. The molecule has 0 atom stereocenters. The van der Waals surface area contributed by atoms with Crippen LogP contribution in [0.25, 0.3) is 0 Å². The number of aromatic nitrogens is 2. The van der Waals surface area contributed by atoms with E-state index in [0.717, 1.165) is 10.0 Å². The van der Waals surface area contributed by atoms with Crippen molar-refractivity contribution in [3.05, 3.63) is 40.6 Å². The highest BCUT2D eigenvalue weighted by atomic mass is 79.9. The number of nitrogens with two attached hydrogens (primary N) is 1. The van der Waals surface area contributed by atoms with Crippen LogP contribution >= 0.6 is 15.9 Å². The minimum atomic E-state index is 0.433. The zero-order chi connectivity index (χ0) is 11.5. The van der Waals surface area contributed by atoms with Crippen LogP contribution in [0, 0.1) is 6.92 Å². The van der Waals surface area contributed by atoms with Gasteiger partial charge in [-0.15, -0.1) is 0 Å². The minimum Gasteiger partial charge on any atom is -0.439 e. The van der Waals surface area contributed by atoms with Gasteiger partial charge in [-0.25, -0.2) is 9.97 Å². The van der Waals surface area contributed by atoms with Gasteiger partial charge in [0.15, 0.2) is 0 Å². The van der Waals surface area contributed by atoms with Crippen LogP contribution in [0.15, 0.2) is 35.1 Å². The van der Waals surface area contributed by atoms with Gasteiger partial charge >= 0.3 is 0 Å². The van der Waals surface area contributed by atoms with Crippen LogP contribution in [-0.2, 0) is 0 Å². The Bertz CT molecular complexity index is 499. The lowest BCUT2D eigenvalue weighted by Gasteiger charge is -2.07. The van der Waals surface area contributed by atoms with E-state index in [1.54, 1.807) is 0 Å². The molecule has 2 aromatic rings. The fourth-order valence-electron chi connectivity index (χ4n) is 1.16. The van der Waals surface area contributed by atoms with E-state index >= 15 is 0 Å². The third-order valence-corrected chi connectivity index (χ3v) is 2.63. The molecule has 5 heteroatoms.